The summed E-state index contributed by atoms with van der Waals surface area (Å²) in [5.74, 6) is 0.0889. The second-order valence-corrected chi connectivity index (χ2v) is 5.42. The van der Waals surface area contributed by atoms with Crippen LogP contribution in [0.1, 0.15) is 19.3 Å². The molecule has 1 N–H and O–H groups in total. The molecule has 1 aliphatic rings. The van der Waals surface area contributed by atoms with Gasteiger partial charge < -0.3 is 10.2 Å². The van der Waals surface area contributed by atoms with Gasteiger partial charge in [0.2, 0.25) is 5.91 Å². The number of hydrogen-bond acceptors (Lipinski definition) is 4. The van der Waals surface area contributed by atoms with Gasteiger partial charge in [-0.25, -0.2) is 4.98 Å². The zero-order chi connectivity index (χ0) is 11.5. The molecule has 1 aromatic rings. The van der Waals surface area contributed by atoms with E-state index in [9.17, 15) is 4.79 Å². The number of halogens is 1. The first-order chi connectivity index (χ1) is 7.72. The van der Waals surface area contributed by atoms with Crippen LogP contribution in [0.5, 0.6) is 0 Å². The maximum atomic E-state index is 11.8. The lowest BCUT2D eigenvalue weighted by molar-refractivity contribution is -0.122. The molecule has 1 aromatic heterocycles. The number of rotatable bonds is 2. The Morgan fingerprint density at radius 3 is 3.12 bits per heavy atom. The standard InChI is InChI=1S/C10H14BrN3OS/c1-12-9(15)7-4-2-3-5-14(7)10-13-8(11)6-16-10/h6-7H,2-5H2,1H3,(H,12,15). The topological polar surface area (TPSA) is 45.2 Å². The van der Waals surface area contributed by atoms with Gasteiger partial charge in [-0.05, 0) is 35.2 Å². The minimum atomic E-state index is -0.0585. The van der Waals surface area contributed by atoms with Crippen LogP contribution in [-0.4, -0.2) is 30.5 Å². The Morgan fingerprint density at radius 1 is 1.69 bits per heavy atom. The van der Waals surface area contributed by atoms with Crippen LogP contribution >= 0.6 is 27.3 Å². The van der Waals surface area contributed by atoms with Gasteiger partial charge in [-0.1, -0.05) is 0 Å². The van der Waals surface area contributed by atoms with Crippen molar-refractivity contribution in [2.75, 3.05) is 18.5 Å². The Hall–Kier alpha value is -0.620. The molecule has 1 aliphatic heterocycles. The van der Waals surface area contributed by atoms with Crippen LogP contribution in [-0.2, 0) is 4.79 Å². The molecule has 1 fully saturated rings. The van der Waals surface area contributed by atoms with E-state index in [2.05, 4.69) is 31.1 Å². The van der Waals surface area contributed by atoms with Crippen LogP contribution in [0.25, 0.3) is 0 Å². The molecule has 6 heteroatoms. The van der Waals surface area contributed by atoms with E-state index < -0.39 is 0 Å². The van der Waals surface area contributed by atoms with Gasteiger partial charge in [0, 0.05) is 19.0 Å². The summed E-state index contributed by atoms with van der Waals surface area (Å²) in [5.41, 5.74) is 0. The summed E-state index contributed by atoms with van der Waals surface area (Å²) in [6.07, 6.45) is 3.16. The van der Waals surface area contributed by atoms with Gasteiger partial charge in [0.1, 0.15) is 10.6 Å². The van der Waals surface area contributed by atoms with Crippen LogP contribution < -0.4 is 10.2 Å². The highest BCUT2D eigenvalue weighted by Gasteiger charge is 2.29. The smallest absolute Gasteiger partial charge is 0.242 e. The summed E-state index contributed by atoms with van der Waals surface area (Å²) >= 11 is 4.92. The summed E-state index contributed by atoms with van der Waals surface area (Å²) in [6, 6.07) is -0.0585. The van der Waals surface area contributed by atoms with E-state index in [0.29, 0.717) is 0 Å². The van der Waals surface area contributed by atoms with Crippen LogP contribution in [0.3, 0.4) is 0 Å². The average Bonchev–Trinajstić information content (AvgIpc) is 2.75. The SMILES string of the molecule is CNC(=O)C1CCCCN1c1nc(Br)cs1. The van der Waals surface area contributed by atoms with E-state index in [0.717, 1.165) is 35.5 Å². The number of carbonyl (C=O) groups excluding carboxylic acids is 1. The third-order valence-corrected chi connectivity index (χ3v) is 4.35. The Bertz CT molecular complexity index is 382. The Labute approximate surface area is 107 Å². The molecule has 0 aromatic carbocycles. The van der Waals surface area contributed by atoms with Crippen molar-refractivity contribution in [3.63, 3.8) is 0 Å². The first-order valence-corrected chi connectivity index (χ1v) is 6.99. The van der Waals surface area contributed by atoms with E-state index >= 15 is 0 Å². The Morgan fingerprint density at radius 2 is 2.50 bits per heavy atom. The van der Waals surface area contributed by atoms with Crippen molar-refractivity contribution in [2.45, 2.75) is 25.3 Å². The van der Waals surface area contributed by atoms with Gasteiger partial charge in [-0.2, -0.15) is 0 Å². The second kappa shape index (κ2) is 5.14. The monoisotopic (exact) mass is 303 g/mol. The first-order valence-electron chi connectivity index (χ1n) is 5.31. The zero-order valence-electron chi connectivity index (χ0n) is 9.07. The Kier molecular flexibility index (Phi) is 3.81. The number of nitrogens with one attached hydrogen (secondary N) is 1. The van der Waals surface area contributed by atoms with Gasteiger partial charge in [-0.15, -0.1) is 11.3 Å². The van der Waals surface area contributed by atoms with Crippen LogP contribution in [0, 0.1) is 0 Å². The molecular weight excluding hydrogens is 290 g/mol. The highest BCUT2D eigenvalue weighted by Crippen LogP contribution is 2.29. The number of aromatic nitrogens is 1. The van der Waals surface area contributed by atoms with Crippen molar-refractivity contribution in [1.82, 2.24) is 10.3 Å². The lowest BCUT2D eigenvalue weighted by Crippen LogP contribution is -2.48. The van der Waals surface area contributed by atoms with Gasteiger partial charge in [0.25, 0.3) is 0 Å². The summed E-state index contributed by atoms with van der Waals surface area (Å²) in [5, 5.41) is 5.61. The minimum absolute atomic E-state index is 0.0585. The van der Waals surface area contributed by atoms with Crippen molar-refractivity contribution in [3.8, 4) is 0 Å². The molecule has 2 rings (SSSR count). The highest BCUT2D eigenvalue weighted by molar-refractivity contribution is 9.10. The summed E-state index contributed by atoms with van der Waals surface area (Å²) in [7, 11) is 1.69. The molecule has 1 atom stereocenters. The quantitative estimate of drug-likeness (QED) is 0.909. The average molecular weight is 304 g/mol. The normalized spacial score (nSPS) is 20.9. The third-order valence-electron chi connectivity index (χ3n) is 2.76. The van der Waals surface area contributed by atoms with Gasteiger partial charge in [0.05, 0.1) is 0 Å². The van der Waals surface area contributed by atoms with E-state index in [1.54, 1.807) is 18.4 Å². The lowest BCUT2D eigenvalue weighted by Gasteiger charge is -2.34. The molecule has 88 valence electrons. The number of anilines is 1. The molecule has 4 nitrogen and oxygen atoms in total. The van der Waals surface area contributed by atoms with Gasteiger partial charge in [-0.3, -0.25) is 4.79 Å². The first kappa shape index (κ1) is 11.9. The maximum absolute atomic E-state index is 11.8. The molecule has 16 heavy (non-hydrogen) atoms. The van der Waals surface area contributed by atoms with Crippen molar-refractivity contribution in [2.24, 2.45) is 0 Å². The van der Waals surface area contributed by atoms with E-state index in [1.165, 1.54) is 0 Å². The number of hydrogen-bond donors (Lipinski definition) is 1. The molecule has 1 saturated heterocycles. The lowest BCUT2D eigenvalue weighted by atomic mass is 10.0. The second-order valence-electron chi connectivity index (χ2n) is 3.77. The summed E-state index contributed by atoms with van der Waals surface area (Å²) < 4.78 is 0.841. The number of likely N-dealkylation sites (N-methyl/N-ethyl adjacent to an activating group) is 1. The summed E-state index contributed by atoms with van der Waals surface area (Å²) in [6.45, 7) is 0.915. The largest absolute Gasteiger partial charge is 0.357 e. The molecule has 0 bridgehead atoms. The fraction of sp³-hybridized carbons (Fsp3) is 0.600. The highest BCUT2D eigenvalue weighted by atomic mass is 79.9. The molecule has 1 unspecified atom stereocenters. The summed E-state index contributed by atoms with van der Waals surface area (Å²) in [4.78, 5) is 18.3. The molecule has 2 heterocycles. The molecule has 0 aliphatic carbocycles. The van der Waals surface area contributed by atoms with Crippen LogP contribution in [0.2, 0.25) is 0 Å². The van der Waals surface area contributed by atoms with Gasteiger partial charge in [0.15, 0.2) is 5.13 Å². The number of nitrogens with zero attached hydrogens (tertiary/aromatic N) is 2. The predicted octanol–water partition coefficient (Wildman–Crippen LogP) is 2.01. The van der Waals surface area contributed by atoms with E-state index in [-0.39, 0.29) is 11.9 Å². The van der Waals surface area contributed by atoms with Crippen molar-refractivity contribution in [1.29, 1.82) is 0 Å². The van der Waals surface area contributed by atoms with Crippen molar-refractivity contribution in [3.05, 3.63) is 9.98 Å². The van der Waals surface area contributed by atoms with E-state index in [4.69, 9.17) is 0 Å². The number of piperidine rings is 1. The zero-order valence-corrected chi connectivity index (χ0v) is 11.5. The maximum Gasteiger partial charge on any atom is 0.242 e. The molecule has 0 spiro atoms. The molecule has 0 radical (unpaired) electrons. The fourth-order valence-electron chi connectivity index (χ4n) is 1.98. The van der Waals surface area contributed by atoms with Crippen LogP contribution in [0.4, 0.5) is 5.13 Å². The van der Waals surface area contributed by atoms with Crippen molar-refractivity contribution < 1.29 is 4.79 Å². The van der Waals surface area contributed by atoms with Crippen LogP contribution in [0.15, 0.2) is 9.98 Å². The Balaban J connectivity index is 2.19. The molecule has 1 amide bonds. The number of thiazole rings is 1. The van der Waals surface area contributed by atoms with E-state index in [1.807, 2.05) is 5.38 Å². The fourth-order valence-corrected chi connectivity index (χ4v) is 3.30. The van der Waals surface area contributed by atoms with Crippen molar-refractivity contribution >= 4 is 38.3 Å². The third kappa shape index (κ3) is 2.38. The number of amides is 1. The number of carbonyl (C=O) groups is 1. The predicted molar refractivity (Wildman–Crippen MR) is 68.9 cm³/mol. The minimum Gasteiger partial charge on any atom is -0.357 e. The molecule has 0 saturated carbocycles. The van der Waals surface area contributed by atoms with Gasteiger partial charge >= 0.3 is 0 Å². The molecular formula is C10H14BrN3OS.